The van der Waals surface area contributed by atoms with Gasteiger partial charge in [-0.25, -0.2) is 0 Å². The van der Waals surface area contributed by atoms with Crippen LogP contribution in [0.25, 0.3) is 0 Å². The molecule has 0 aliphatic heterocycles. The van der Waals surface area contributed by atoms with E-state index in [1.807, 2.05) is 32.0 Å². The highest BCUT2D eigenvalue weighted by Gasteiger charge is 2.68. The van der Waals surface area contributed by atoms with Crippen LogP contribution in [0, 0.1) is 23.7 Å². The van der Waals surface area contributed by atoms with Crippen molar-refractivity contribution >= 4 is 5.78 Å². The Kier molecular flexibility index (Phi) is 3.24. The van der Waals surface area contributed by atoms with Gasteiger partial charge in [0.15, 0.2) is 5.78 Å². The fraction of sp³-hybridized carbons (Fsp3) is 0.588. The maximum absolute atomic E-state index is 12.8. The number of hydrogen-bond acceptors (Lipinski definition) is 2. The van der Waals surface area contributed by atoms with E-state index < -0.39 is 0 Å². The van der Waals surface area contributed by atoms with Gasteiger partial charge in [0.1, 0.15) is 5.75 Å². The first-order valence-corrected chi connectivity index (χ1v) is 7.01. The summed E-state index contributed by atoms with van der Waals surface area (Å²) >= 11 is 0. The number of aryl methyl sites for hydroxylation is 1. The molecule has 0 spiro atoms. The summed E-state index contributed by atoms with van der Waals surface area (Å²) < 4.78 is 5.61. The highest BCUT2D eigenvalue weighted by atomic mass is 16.5. The van der Waals surface area contributed by atoms with E-state index in [1.165, 1.54) is 0 Å². The number of ether oxygens (including phenoxy) is 1. The molecule has 2 rings (SSSR count). The van der Waals surface area contributed by atoms with Crippen LogP contribution in [-0.2, 0) is 0 Å². The second-order valence-corrected chi connectivity index (χ2v) is 6.67. The molecule has 1 aromatic carbocycles. The molecule has 0 radical (unpaired) electrons. The molecule has 0 atom stereocenters. The molecular formula is C17H24O2. The third kappa shape index (κ3) is 2.07. The Morgan fingerprint density at radius 2 is 1.79 bits per heavy atom. The van der Waals surface area contributed by atoms with Crippen LogP contribution in [0.3, 0.4) is 0 Å². The number of carbonyl (C=O) groups is 1. The Morgan fingerprint density at radius 3 is 2.26 bits per heavy atom. The molecule has 0 unspecified atom stereocenters. The Balaban J connectivity index is 2.38. The van der Waals surface area contributed by atoms with Gasteiger partial charge < -0.3 is 4.74 Å². The fourth-order valence-corrected chi connectivity index (χ4v) is 3.13. The summed E-state index contributed by atoms with van der Waals surface area (Å²) in [5.41, 5.74) is 1.97. The average Bonchev–Trinajstić information content (AvgIpc) is 2.71. The van der Waals surface area contributed by atoms with E-state index >= 15 is 0 Å². The van der Waals surface area contributed by atoms with Crippen LogP contribution in [0.2, 0.25) is 0 Å². The zero-order valence-corrected chi connectivity index (χ0v) is 12.8. The van der Waals surface area contributed by atoms with Crippen molar-refractivity contribution in [3.63, 3.8) is 0 Å². The van der Waals surface area contributed by atoms with Gasteiger partial charge in [-0.15, -0.1) is 0 Å². The van der Waals surface area contributed by atoms with Crippen molar-refractivity contribution in [1.29, 1.82) is 0 Å². The number of benzene rings is 1. The lowest BCUT2D eigenvalue weighted by atomic mass is 9.99. The van der Waals surface area contributed by atoms with Crippen LogP contribution in [0.15, 0.2) is 18.2 Å². The second kappa shape index (κ2) is 4.36. The van der Waals surface area contributed by atoms with Gasteiger partial charge in [-0.3, -0.25) is 4.79 Å². The van der Waals surface area contributed by atoms with Gasteiger partial charge in [0, 0.05) is 5.92 Å². The molecular weight excluding hydrogens is 236 g/mol. The van der Waals surface area contributed by atoms with Crippen molar-refractivity contribution in [2.45, 2.75) is 41.5 Å². The zero-order valence-electron chi connectivity index (χ0n) is 12.8. The molecule has 0 saturated heterocycles. The maximum atomic E-state index is 12.8. The first kappa shape index (κ1) is 14.1. The number of hydrogen-bond donors (Lipinski definition) is 0. The molecule has 1 aliphatic rings. The van der Waals surface area contributed by atoms with Crippen molar-refractivity contribution in [2.75, 3.05) is 6.61 Å². The number of Topliss-reactive ketones (excluding diaryl/α,β-unsaturated/α-hetero) is 1. The predicted molar refractivity (Wildman–Crippen MR) is 77.7 cm³/mol. The monoisotopic (exact) mass is 260 g/mol. The van der Waals surface area contributed by atoms with Gasteiger partial charge in [-0.1, -0.05) is 39.3 Å². The first-order valence-electron chi connectivity index (χ1n) is 7.01. The average molecular weight is 260 g/mol. The lowest BCUT2D eigenvalue weighted by Gasteiger charge is -2.11. The van der Waals surface area contributed by atoms with Gasteiger partial charge in [-0.05, 0) is 36.8 Å². The topological polar surface area (TPSA) is 26.3 Å². The molecule has 0 N–H and O–H groups in total. The molecule has 2 heteroatoms. The number of ketones is 1. The van der Waals surface area contributed by atoms with E-state index in [0.717, 1.165) is 16.9 Å². The van der Waals surface area contributed by atoms with Crippen molar-refractivity contribution < 1.29 is 9.53 Å². The Hall–Kier alpha value is -1.31. The SMILES string of the molecule is CCOc1ccc(C)cc1C(=O)C1C(C)(C)C1(C)C. The Bertz CT molecular complexity index is 498. The summed E-state index contributed by atoms with van der Waals surface area (Å²) in [6.07, 6.45) is 0. The van der Waals surface area contributed by atoms with Crippen LogP contribution >= 0.6 is 0 Å². The summed E-state index contributed by atoms with van der Waals surface area (Å²) in [7, 11) is 0. The molecule has 104 valence electrons. The number of carbonyl (C=O) groups excluding carboxylic acids is 1. The first-order chi connectivity index (χ1) is 8.73. The predicted octanol–water partition coefficient (Wildman–Crippen LogP) is 4.26. The van der Waals surface area contributed by atoms with Crippen molar-refractivity contribution in [3.8, 4) is 5.75 Å². The van der Waals surface area contributed by atoms with Gasteiger partial charge >= 0.3 is 0 Å². The summed E-state index contributed by atoms with van der Waals surface area (Å²) in [6.45, 7) is 13.2. The van der Waals surface area contributed by atoms with E-state index in [9.17, 15) is 4.79 Å². The summed E-state index contributed by atoms with van der Waals surface area (Å²) in [5.74, 6) is 1.03. The van der Waals surface area contributed by atoms with E-state index in [1.54, 1.807) is 0 Å². The minimum Gasteiger partial charge on any atom is -0.493 e. The van der Waals surface area contributed by atoms with Crippen LogP contribution in [-0.4, -0.2) is 12.4 Å². The minimum atomic E-state index is 0.0668. The molecule has 0 bridgehead atoms. The fourth-order valence-electron chi connectivity index (χ4n) is 3.13. The lowest BCUT2D eigenvalue weighted by Crippen LogP contribution is -2.10. The normalized spacial score (nSPS) is 20.1. The largest absolute Gasteiger partial charge is 0.493 e. The molecule has 19 heavy (non-hydrogen) atoms. The van der Waals surface area contributed by atoms with Crippen molar-refractivity contribution in [3.05, 3.63) is 29.3 Å². The molecule has 0 aromatic heterocycles. The molecule has 0 amide bonds. The maximum Gasteiger partial charge on any atom is 0.170 e. The summed E-state index contributed by atoms with van der Waals surface area (Å²) in [5, 5.41) is 0. The van der Waals surface area contributed by atoms with Gasteiger partial charge in [0.25, 0.3) is 0 Å². The van der Waals surface area contributed by atoms with Gasteiger partial charge in [-0.2, -0.15) is 0 Å². The van der Waals surface area contributed by atoms with Gasteiger partial charge in [0.2, 0.25) is 0 Å². The highest BCUT2D eigenvalue weighted by molar-refractivity contribution is 6.03. The Labute approximate surface area is 116 Å². The standard InChI is InChI=1S/C17H24O2/c1-7-19-13-9-8-11(2)10-12(13)14(18)15-16(3,4)17(15,5)6/h8-10,15H,7H2,1-6H3. The molecule has 1 aromatic rings. The van der Waals surface area contributed by atoms with E-state index in [4.69, 9.17) is 4.74 Å². The van der Waals surface area contributed by atoms with Crippen LogP contribution < -0.4 is 4.74 Å². The minimum absolute atomic E-state index is 0.0668. The van der Waals surface area contributed by atoms with Crippen LogP contribution in [0.1, 0.15) is 50.5 Å². The van der Waals surface area contributed by atoms with E-state index in [-0.39, 0.29) is 22.5 Å². The van der Waals surface area contributed by atoms with E-state index in [0.29, 0.717) is 6.61 Å². The molecule has 1 aliphatic carbocycles. The Morgan fingerprint density at radius 1 is 1.21 bits per heavy atom. The van der Waals surface area contributed by atoms with Crippen LogP contribution in [0.5, 0.6) is 5.75 Å². The smallest absolute Gasteiger partial charge is 0.170 e. The molecule has 1 fully saturated rings. The molecule has 0 heterocycles. The van der Waals surface area contributed by atoms with Crippen LogP contribution in [0.4, 0.5) is 0 Å². The highest BCUT2D eigenvalue weighted by Crippen LogP contribution is 2.69. The number of rotatable bonds is 4. The van der Waals surface area contributed by atoms with Crippen molar-refractivity contribution in [2.24, 2.45) is 16.7 Å². The summed E-state index contributed by atoms with van der Waals surface area (Å²) in [4.78, 5) is 12.8. The second-order valence-electron chi connectivity index (χ2n) is 6.67. The lowest BCUT2D eigenvalue weighted by molar-refractivity contribution is 0.0941. The third-order valence-corrected chi connectivity index (χ3v) is 4.98. The molecule has 2 nitrogen and oxygen atoms in total. The summed E-state index contributed by atoms with van der Waals surface area (Å²) in [6, 6.07) is 5.86. The molecule has 1 saturated carbocycles. The van der Waals surface area contributed by atoms with E-state index in [2.05, 4.69) is 27.7 Å². The van der Waals surface area contributed by atoms with Gasteiger partial charge in [0.05, 0.1) is 12.2 Å². The third-order valence-electron chi connectivity index (χ3n) is 4.98. The van der Waals surface area contributed by atoms with Crippen molar-refractivity contribution in [1.82, 2.24) is 0 Å². The quantitative estimate of drug-likeness (QED) is 0.756. The zero-order chi connectivity index (χ0) is 14.4.